The third kappa shape index (κ3) is 6.84. The van der Waals surface area contributed by atoms with Gasteiger partial charge in [0.25, 0.3) is 0 Å². The molecular formula is C52H42N8O8Si. The molecule has 2 N–H and O–H groups in total. The number of aromatic amines is 2. The van der Waals surface area contributed by atoms with Gasteiger partial charge in [0.1, 0.15) is 28.3 Å². The summed E-state index contributed by atoms with van der Waals surface area (Å²) in [6.45, 7) is 0. The van der Waals surface area contributed by atoms with Gasteiger partial charge in [-0.05, 0) is 41.5 Å². The number of ether oxygens (including phenoxy) is 7. The van der Waals surface area contributed by atoms with Crippen molar-refractivity contribution in [2.75, 3.05) is 42.7 Å². The summed E-state index contributed by atoms with van der Waals surface area (Å²) in [5.41, 5.74) is 6.08. The monoisotopic (exact) mass is 934 g/mol. The Labute approximate surface area is 396 Å². The van der Waals surface area contributed by atoms with Crippen LogP contribution in [-0.4, -0.2) is 98.7 Å². The van der Waals surface area contributed by atoms with Crippen LogP contribution in [0.3, 0.4) is 0 Å². The summed E-state index contributed by atoms with van der Waals surface area (Å²) in [6.07, 6.45) is 0. The number of hydrogen-bond donors (Lipinski definition) is 2. The summed E-state index contributed by atoms with van der Waals surface area (Å²) in [5, 5.41) is 1.34. The van der Waals surface area contributed by atoms with Crippen molar-refractivity contribution in [3.63, 3.8) is 0 Å². The Hall–Kier alpha value is -8.83. The number of nitrogens with zero attached hydrogens (tertiary/aromatic N) is 6. The first-order chi connectivity index (χ1) is 33.7. The van der Waals surface area contributed by atoms with Crippen molar-refractivity contribution in [1.82, 2.24) is 39.9 Å². The summed E-state index contributed by atoms with van der Waals surface area (Å²) in [4.78, 5) is 53.2. The van der Waals surface area contributed by atoms with E-state index in [1.807, 2.05) is 78.9 Å². The van der Waals surface area contributed by atoms with Crippen LogP contribution in [0.25, 0.3) is 89.7 Å². The summed E-state index contributed by atoms with van der Waals surface area (Å²) < 4.78 is 41.3. The van der Waals surface area contributed by atoms with E-state index in [1.54, 1.807) is 36.4 Å². The average molecular weight is 935 g/mol. The molecule has 342 valence electrons. The summed E-state index contributed by atoms with van der Waals surface area (Å²) in [5.74, 6) is 3.42. The molecule has 0 unspecified atom stereocenters. The second-order valence-electron chi connectivity index (χ2n) is 16.3. The Morgan fingerprint density at radius 2 is 0.797 bits per heavy atom. The molecule has 0 saturated carbocycles. The van der Waals surface area contributed by atoms with Crippen LogP contribution in [0.4, 0.5) is 0 Å². The molecule has 2 aliphatic rings. The van der Waals surface area contributed by atoms with E-state index in [0.717, 1.165) is 33.0 Å². The SMILES string of the molecule is COc1cc(C([SiH3])(C(=O)Oc2cccc3c4nc5nc(nc6[nH]c(nc7nc(nc([nH]4)c23)-c2ccccc2-7)c2ccccc62)-c2ccccc2-5)c2cc(OC)c(OC)c(OC)c2)cc(OC)c1OC. The Bertz CT molecular complexity index is 3640. The number of H-pyrrole nitrogens is 2. The molecule has 8 bridgehead atoms. The van der Waals surface area contributed by atoms with E-state index in [4.69, 9.17) is 63.1 Å². The number of rotatable bonds is 10. The van der Waals surface area contributed by atoms with Crippen molar-refractivity contribution in [2.45, 2.75) is 5.04 Å². The minimum atomic E-state index is -1.48. The van der Waals surface area contributed by atoms with E-state index in [0.29, 0.717) is 102 Å². The summed E-state index contributed by atoms with van der Waals surface area (Å²) in [6, 6.07) is 35.9. The van der Waals surface area contributed by atoms with Crippen LogP contribution >= 0.6 is 0 Å². The lowest BCUT2D eigenvalue weighted by Crippen LogP contribution is -2.41. The lowest BCUT2D eigenvalue weighted by molar-refractivity contribution is -0.136. The molecular weight excluding hydrogens is 893 g/mol. The predicted molar refractivity (Wildman–Crippen MR) is 265 cm³/mol. The van der Waals surface area contributed by atoms with Crippen LogP contribution in [-0.2, 0) is 9.83 Å². The number of hydrogen-bond acceptors (Lipinski definition) is 14. The Morgan fingerprint density at radius 1 is 0.435 bits per heavy atom. The van der Waals surface area contributed by atoms with E-state index >= 15 is 4.79 Å². The maximum Gasteiger partial charge on any atom is 0.322 e. The molecule has 5 heterocycles. The Morgan fingerprint density at radius 3 is 1.20 bits per heavy atom. The highest BCUT2D eigenvalue weighted by atomic mass is 28.1. The van der Waals surface area contributed by atoms with Crippen molar-refractivity contribution in [3.05, 3.63) is 126 Å². The fraction of sp³-hybridized carbons (Fsp3) is 0.135. The van der Waals surface area contributed by atoms with Crippen LogP contribution in [0, 0.1) is 0 Å². The van der Waals surface area contributed by atoms with Gasteiger partial charge < -0.3 is 43.1 Å². The van der Waals surface area contributed by atoms with E-state index in [9.17, 15) is 0 Å². The van der Waals surface area contributed by atoms with Gasteiger partial charge in [0, 0.05) is 48.7 Å². The number of benzene rings is 6. The predicted octanol–water partition coefficient (Wildman–Crippen LogP) is 8.14. The van der Waals surface area contributed by atoms with E-state index < -0.39 is 11.0 Å². The highest BCUT2D eigenvalue weighted by molar-refractivity contribution is 6.31. The molecule has 0 amide bonds. The van der Waals surface area contributed by atoms with Gasteiger partial charge in [0.2, 0.25) is 11.5 Å². The van der Waals surface area contributed by atoms with Gasteiger partial charge in [-0.25, -0.2) is 29.9 Å². The maximum atomic E-state index is 15.6. The van der Waals surface area contributed by atoms with Gasteiger partial charge in [0.15, 0.2) is 46.3 Å². The lowest BCUT2D eigenvalue weighted by atomic mass is 9.88. The lowest BCUT2D eigenvalue weighted by Gasteiger charge is -2.31. The minimum Gasteiger partial charge on any atom is -0.493 e. The first-order valence-corrected chi connectivity index (χ1v) is 22.8. The third-order valence-electron chi connectivity index (χ3n) is 12.6. The molecule has 69 heavy (non-hydrogen) atoms. The second-order valence-corrected chi connectivity index (χ2v) is 17.8. The molecule has 0 radical (unpaired) electrons. The molecule has 2 aliphatic heterocycles. The quantitative estimate of drug-likeness (QED) is 0.0759. The minimum absolute atomic E-state index is 0.147. The van der Waals surface area contributed by atoms with Gasteiger partial charge in [-0.1, -0.05) is 84.9 Å². The van der Waals surface area contributed by atoms with Crippen LogP contribution in [0.1, 0.15) is 11.1 Å². The fourth-order valence-electron chi connectivity index (χ4n) is 9.09. The van der Waals surface area contributed by atoms with Crippen molar-refractivity contribution in [3.8, 4) is 85.8 Å². The van der Waals surface area contributed by atoms with E-state index in [2.05, 4.69) is 9.97 Å². The number of fused-ring (bicyclic) bond motifs is 20. The highest BCUT2D eigenvalue weighted by Crippen LogP contribution is 2.48. The number of methoxy groups -OCH3 is 6. The summed E-state index contributed by atoms with van der Waals surface area (Å²) in [7, 11) is 9.26. The van der Waals surface area contributed by atoms with Gasteiger partial charge >= 0.3 is 5.97 Å². The van der Waals surface area contributed by atoms with Crippen LogP contribution in [0.5, 0.6) is 40.2 Å². The smallest absolute Gasteiger partial charge is 0.322 e. The van der Waals surface area contributed by atoms with Crippen LogP contribution in [0.15, 0.2) is 115 Å². The molecule has 0 fully saturated rings. The highest BCUT2D eigenvalue weighted by Gasteiger charge is 2.42. The molecule has 6 aromatic carbocycles. The number of carbonyl (C=O) groups is 1. The molecule has 9 aromatic rings. The Balaban J connectivity index is 1.19. The molecule has 0 saturated heterocycles. The molecule has 0 spiro atoms. The zero-order valence-corrected chi connectivity index (χ0v) is 40.4. The number of carbonyl (C=O) groups excluding carboxylic acids is 1. The first kappa shape index (κ1) is 42.8. The van der Waals surface area contributed by atoms with Crippen LogP contribution in [0.2, 0.25) is 0 Å². The Kier molecular flexibility index (Phi) is 10.4. The zero-order chi connectivity index (χ0) is 47.6. The number of nitrogens with one attached hydrogen (secondary N) is 2. The average Bonchev–Trinajstić information content (AvgIpc) is 4.13. The van der Waals surface area contributed by atoms with Crippen molar-refractivity contribution >= 4 is 60.3 Å². The van der Waals surface area contributed by atoms with Gasteiger partial charge in [-0.3, -0.25) is 4.79 Å². The molecule has 3 aromatic heterocycles. The van der Waals surface area contributed by atoms with Crippen LogP contribution < -0.4 is 33.2 Å². The van der Waals surface area contributed by atoms with Gasteiger partial charge in [-0.2, -0.15) is 0 Å². The maximum absolute atomic E-state index is 15.6. The van der Waals surface area contributed by atoms with E-state index in [1.165, 1.54) is 42.7 Å². The number of aromatic nitrogens is 8. The van der Waals surface area contributed by atoms with Gasteiger partial charge in [0.05, 0.1) is 53.1 Å². The first-order valence-electron chi connectivity index (χ1n) is 21.8. The summed E-state index contributed by atoms with van der Waals surface area (Å²) >= 11 is 0. The third-order valence-corrected chi connectivity index (χ3v) is 14.2. The van der Waals surface area contributed by atoms with Crippen molar-refractivity contribution in [1.29, 1.82) is 0 Å². The topological polar surface area (TPSA) is 191 Å². The van der Waals surface area contributed by atoms with E-state index in [-0.39, 0.29) is 16.0 Å². The molecule has 0 aliphatic carbocycles. The molecule has 16 nitrogen and oxygen atoms in total. The number of esters is 1. The largest absolute Gasteiger partial charge is 0.493 e. The second kappa shape index (κ2) is 16.8. The fourth-order valence-corrected chi connectivity index (χ4v) is 9.77. The van der Waals surface area contributed by atoms with Crippen molar-refractivity contribution < 1.29 is 38.0 Å². The van der Waals surface area contributed by atoms with Gasteiger partial charge in [-0.15, -0.1) is 0 Å². The zero-order valence-electron chi connectivity index (χ0n) is 38.4. The van der Waals surface area contributed by atoms with Crippen molar-refractivity contribution in [2.24, 2.45) is 0 Å². The molecule has 0 atom stereocenters. The normalized spacial score (nSPS) is 11.8. The molecule has 17 heteroatoms. The standard InChI is InChI=1S/C52H42N8O8Si/c1-62-36-22-26(23-37(63-2)41(36)66-5)52(69,27-24-38(64-3)42(67-6)39(25-27)65-4)51(61)68-35-21-13-20-34-40(35)50-59-48-33-19-12-11-18-32(33)46(57-48)55-44-29-15-8-7-14-28(29)43(53-44)54-45-30-16-9-10-17-31(30)47(56-45)58-49(34)60-50/h7-25H,1-6,69H3,(H2,53,54,55,56,57,58,59,60). The molecule has 11 rings (SSSR count).